The summed E-state index contributed by atoms with van der Waals surface area (Å²) in [7, 11) is 1.60. The summed E-state index contributed by atoms with van der Waals surface area (Å²) in [5.41, 5.74) is 1.63. The van der Waals surface area contributed by atoms with E-state index >= 15 is 0 Å². The lowest BCUT2D eigenvalue weighted by Crippen LogP contribution is -2.43. The molecule has 1 amide bonds. The minimum atomic E-state index is -0.654. The first kappa shape index (κ1) is 26.0. The molecule has 2 aliphatic heterocycles. The number of piperidine rings is 1. The van der Waals surface area contributed by atoms with Gasteiger partial charge in [-0.05, 0) is 52.2 Å². The maximum absolute atomic E-state index is 13.9. The van der Waals surface area contributed by atoms with Crippen molar-refractivity contribution in [1.29, 1.82) is 0 Å². The minimum absolute atomic E-state index is 0.126. The zero-order valence-corrected chi connectivity index (χ0v) is 23.2. The Morgan fingerprint density at radius 3 is 2.61 bits per heavy atom. The van der Waals surface area contributed by atoms with Crippen LogP contribution in [0, 0.1) is 0 Å². The van der Waals surface area contributed by atoms with Gasteiger partial charge in [0, 0.05) is 43.9 Å². The van der Waals surface area contributed by atoms with E-state index in [1.807, 2.05) is 57.2 Å². The van der Waals surface area contributed by atoms with Gasteiger partial charge >= 0.3 is 0 Å². The summed E-state index contributed by atoms with van der Waals surface area (Å²) in [6.45, 7) is 8.83. The third kappa shape index (κ3) is 4.71. The van der Waals surface area contributed by atoms with Crippen molar-refractivity contribution in [3.63, 3.8) is 0 Å². The van der Waals surface area contributed by atoms with Crippen molar-refractivity contribution in [2.75, 3.05) is 38.2 Å². The maximum Gasteiger partial charge on any atom is 0.271 e. The van der Waals surface area contributed by atoms with Crippen LogP contribution in [0.15, 0.2) is 61.9 Å². The van der Waals surface area contributed by atoms with E-state index < -0.39 is 6.04 Å². The number of aromatic nitrogens is 1. The molecule has 5 rings (SSSR count). The molecule has 1 saturated heterocycles. The molecule has 2 aromatic heterocycles. The Labute approximate surface area is 226 Å². The number of thiazole rings is 1. The van der Waals surface area contributed by atoms with Gasteiger partial charge in [-0.2, -0.15) is 0 Å². The standard InChI is InChI=1S/C29H34N4O4S/c1-5-31(6-2)28(35)25-19(3)30-29-33(26(25)21-12-8-9-13-22(21)36-4)27(34)23(38-29)18-20-14-15-24(37-20)32-16-10-7-11-17-32/h8-9,12-15,18,26H,5-7,10-11,16-17H2,1-4H3/b23-18+/t26-/m0/s1. The first-order valence-electron chi connectivity index (χ1n) is 13.3. The molecule has 1 aromatic carbocycles. The molecule has 0 bridgehead atoms. The zero-order chi connectivity index (χ0) is 26.8. The topological polar surface area (TPSA) is 80.3 Å². The summed E-state index contributed by atoms with van der Waals surface area (Å²) in [6, 6.07) is 10.8. The van der Waals surface area contributed by atoms with Crippen LogP contribution in [0.5, 0.6) is 5.75 Å². The van der Waals surface area contributed by atoms with Crippen LogP contribution in [0.1, 0.15) is 57.4 Å². The molecule has 0 saturated carbocycles. The van der Waals surface area contributed by atoms with Crippen molar-refractivity contribution in [2.24, 2.45) is 4.99 Å². The van der Waals surface area contributed by atoms with Crippen molar-refractivity contribution in [2.45, 2.75) is 46.1 Å². The maximum atomic E-state index is 13.9. The molecule has 0 unspecified atom stereocenters. The fraction of sp³-hybridized carbons (Fsp3) is 0.414. The Kier molecular flexibility index (Phi) is 7.56. The number of hydrogen-bond acceptors (Lipinski definition) is 7. The summed E-state index contributed by atoms with van der Waals surface area (Å²) >= 11 is 1.31. The molecular formula is C29H34N4O4S. The van der Waals surface area contributed by atoms with Gasteiger partial charge in [0.1, 0.15) is 17.6 Å². The van der Waals surface area contributed by atoms with Gasteiger partial charge in [-0.15, -0.1) is 0 Å². The number of nitrogens with zero attached hydrogens (tertiary/aromatic N) is 4. The summed E-state index contributed by atoms with van der Waals surface area (Å²) in [4.78, 5) is 37.0. The number of amides is 1. The Morgan fingerprint density at radius 2 is 1.89 bits per heavy atom. The summed E-state index contributed by atoms with van der Waals surface area (Å²) in [5.74, 6) is 1.95. The fourth-order valence-corrected chi connectivity index (χ4v) is 6.32. The highest BCUT2D eigenvalue weighted by atomic mass is 32.1. The van der Waals surface area contributed by atoms with E-state index in [9.17, 15) is 9.59 Å². The smallest absolute Gasteiger partial charge is 0.271 e. The van der Waals surface area contributed by atoms with Gasteiger partial charge < -0.3 is 19.0 Å². The molecule has 0 spiro atoms. The average molecular weight is 535 g/mol. The lowest BCUT2D eigenvalue weighted by atomic mass is 9.94. The van der Waals surface area contributed by atoms with Crippen molar-refractivity contribution in [3.8, 4) is 5.75 Å². The van der Waals surface area contributed by atoms with Crippen LogP contribution < -0.4 is 24.5 Å². The number of carbonyl (C=O) groups excluding carboxylic acids is 1. The number of ether oxygens (including phenoxy) is 1. The highest BCUT2D eigenvalue weighted by Gasteiger charge is 2.35. The molecule has 4 heterocycles. The van der Waals surface area contributed by atoms with Crippen LogP contribution in [0.3, 0.4) is 0 Å². The van der Waals surface area contributed by atoms with Gasteiger partial charge in [-0.25, -0.2) is 4.99 Å². The number of fused-ring (bicyclic) bond motifs is 1. The van der Waals surface area contributed by atoms with Crippen molar-refractivity contribution in [1.82, 2.24) is 9.47 Å². The molecule has 3 aromatic rings. The molecule has 1 fully saturated rings. The molecule has 1 atom stereocenters. The van der Waals surface area contributed by atoms with E-state index in [0.717, 1.165) is 37.4 Å². The van der Waals surface area contributed by atoms with Gasteiger partial charge in [-0.1, -0.05) is 29.5 Å². The quantitative estimate of drug-likeness (QED) is 0.462. The van der Waals surface area contributed by atoms with Gasteiger partial charge in [0.25, 0.3) is 11.5 Å². The van der Waals surface area contributed by atoms with Crippen LogP contribution in [-0.2, 0) is 4.79 Å². The van der Waals surface area contributed by atoms with Crippen molar-refractivity contribution < 1.29 is 13.9 Å². The Balaban J connectivity index is 1.65. The summed E-state index contributed by atoms with van der Waals surface area (Å²) < 4.78 is 13.9. The first-order chi connectivity index (χ1) is 18.5. The second-order valence-corrected chi connectivity index (χ2v) is 10.5. The SMILES string of the molecule is CCN(CC)C(=O)C1=C(C)N=c2s/c(=C/c3ccc(N4CCCCC4)o3)c(=O)n2[C@H]1c1ccccc1OC. The highest BCUT2D eigenvalue weighted by molar-refractivity contribution is 7.07. The summed E-state index contributed by atoms with van der Waals surface area (Å²) in [5, 5.41) is 0. The number of likely N-dealkylation sites (N-methyl/N-ethyl adjacent to an activating group) is 1. The number of furan rings is 1. The van der Waals surface area contributed by atoms with Crippen LogP contribution in [-0.4, -0.2) is 48.7 Å². The Bertz CT molecular complexity index is 1540. The van der Waals surface area contributed by atoms with E-state index in [-0.39, 0.29) is 11.5 Å². The molecule has 0 aliphatic carbocycles. The van der Waals surface area contributed by atoms with Crippen molar-refractivity contribution >= 4 is 29.2 Å². The molecular weight excluding hydrogens is 500 g/mol. The lowest BCUT2D eigenvalue weighted by molar-refractivity contribution is -0.127. The highest BCUT2D eigenvalue weighted by Crippen LogP contribution is 2.36. The fourth-order valence-electron chi connectivity index (χ4n) is 5.30. The van der Waals surface area contributed by atoms with Crippen molar-refractivity contribution in [3.05, 3.63) is 78.7 Å². The summed E-state index contributed by atoms with van der Waals surface area (Å²) in [6.07, 6.45) is 5.34. The Morgan fingerprint density at radius 1 is 1.16 bits per heavy atom. The second kappa shape index (κ2) is 11.0. The zero-order valence-electron chi connectivity index (χ0n) is 22.4. The first-order valence-corrected chi connectivity index (χ1v) is 14.1. The average Bonchev–Trinajstić information content (AvgIpc) is 3.53. The number of allylic oxidation sites excluding steroid dienone is 1. The van der Waals surface area contributed by atoms with E-state index in [4.69, 9.17) is 14.1 Å². The largest absolute Gasteiger partial charge is 0.496 e. The third-order valence-electron chi connectivity index (χ3n) is 7.29. The van der Waals surface area contributed by atoms with Gasteiger partial charge in [0.15, 0.2) is 10.7 Å². The number of rotatable bonds is 7. The molecule has 200 valence electrons. The number of methoxy groups -OCH3 is 1. The number of hydrogen-bond donors (Lipinski definition) is 0. The lowest BCUT2D eigenvalue weighted by Gasteiger charge is -2.29. The monoisotopic (exact) mass is 534 g/mol. The molecule has 0 N–H and O–H groups in total. The predicted octanol–water partition coefficient (Wildman–Crippen LogP) is 3.70. The Hall–Kier alpha value is -3.59. The van der Waals surface area contributed by atoms with Crippen LogP contribution in [0.25, 0.3) is 6.08 Å². The molecule has 0 radical (unpaired) electrons. The molecule has 38 heavy (non-hydrogen) atoms. The van der Waals surface area contributed by atoms with E-state index in [0.29, 0.717) is 45.2 Å². The minimum Gasteiger partial charge on any atom is -0.496 e. The molecule has 2 aliphatic rings. The van der Waals surface area contributed by atoms with E-state index in [1.165, 1.54) is 17.8 Å². The van der Waals surface area contributed by atoms with Crippen LogP contribution in [0.4, 0.5) is 5.88 Å². The molecule has 8 nitrogen and oxygen atoms in total. The van der Waals surface area contributed by atoms with Gasteiger partial charge in [-0.3, -0.25) is 14.2 Å². The predicted molar refractivity (Wildman–Crippen MR) is 149 cm³/mol. The number of benzene rings is 1. The number of carbonyl (C=O) groups is 1. The van der Waals surface area contributed by atoms with Gasteiger partial charge in [0.05, 0.1) is 22.9 Å². The molecule has 9 heteroatoms. The van der Waals surface area contributed by atoms with E-state index in [1.54, 1.807) is 22.7 Å². The second-order valence-electron chi connectivity index (χ2n) is 9.52. The number of para-hydroxylation sites is 1. The third-order valence-corrected chi connectivity index (χ3v) is 8.27. The van der Waals surface area contributed by atoms with Crippen LogP contribution in [0.2, 0.25) is 0 Å². The van der Waals surface area contributed by atoms with E-state index in [2.05, 4.69) is 4.90 Å². The van der Waals surface area contributed by atoms with Gasteiger partial charge in [0.2, 0.25) is 0 Å². The number of anilines is 1. The normalized spacial score (nSPS) is 17.8. The van der Waals surface area contributed by atoms with Crippen LogP contribution >= 0.6 is 11.3 Å².